The quantitative estimate of drug-likeness (QED) is 0.170. The molecule has 7 rings (SSSR count). The Hall–Kier alpha value is -4.70. The van der Waals surface area contributed by atoms with Crippen LogP contribution in [-0.2, 0) is 4.79 Å². The number of nitrogens with one attached hydrogen (secondary N) is 3. The van der Waals surface area contributed by atoms with E-state index in [2.05, 4.69) is 30.5 Å². The van der Waals surface area contributed by atoms with Gasteiger partial charge in [0, 0.05) is 40.2 Å². The van der Waals surface area contributed by atoms with Gasteiger partial charge in [-0.25, -0.2) is 4.98 Å². The van der Waals surface area contributed by atoms with Gasteiger partial charge in [0.05, 0.1) is 45.4 Å². The van der Waals surface area contributed by atoms with Crippen LogP contribution < -0.4 is 5.32 Å². The highest BCUT2D eigenvalue weighted by Crippen LogP contribution is 2.36. The Kier molecular flexibility index (Phi) is 6.83. The third kappa shape index (κ3) is 5.09. The SMILES string of the molecule is CC(=O)c1ccc(-c2cncc3[nH]c(-c4n[nH]c5ccc(-c6cncc(NC(=O)CC7CCCCC7)c6)nc45)cc23)s1. The number of fused-ring (bicyclic) bond motifs is 2. The molecule has 0 atom stereocenters. The Morgan fingerprint density at radius 3 is 2.67 bits per heavy atom. The number of pyridine rings is 3. The standard InChI is InChI=1S/C32H29N7O2S/c1-18(40)28-9-10-29(42-28)23-16-34-17-27-22(23)13-26(36-27)32-31-25(38-39-32)8-7-24(37-31)20-12-21(15-33-14-20)35-30(41)11-19-5-3-2-4-6-19/h7-10,12-17,19,36H,2-6,11H2,1H3,(H,35,41)(H,38,39). The van der Waals surface area contributed by atoms with E-state index in [1.54, 1.807) is 25.5 Å². The van der Waals surface area contributed by atoms with E-state index in [1.807, 2.05) is 42.6 Å². The lowest BCUT2D eigenvalue weighted by Crippen LogP contribution is -2.18. The highest BCUT2D eigenvalue weighted by atomic mass is 32.1. The van der Waals surface area contributed by atoms with Gasteiger partial charge in [0.1, 0.15) is 11.2 Å². The van der Waals surface area contributed by atoms with Crippen LogP contribution in [0.15, 0.2) is 61.2 Å². The average Bonchev–Trinajstić information content (AvgIpc) is 3.75. The second-order valence-electron chi connectivity index (χ2n) is 10.9. The lowest BCUT2D eigenvalue weighted by Gasteiger charge is -2.20. The maximum Gasteiger partial charge on any atom is 0.224 e. The lowest BCUT2D eigenvalue weighted by atomic mass is 9.87. The summed E-state index contributed by atoms with van der Waals surface area (Å²) in [6.07, 6.45) is 13.6. The molecule has 1 amide bonds. The zero-order valence-corrected chi connectivity index (χ0v) is 23.9. The first-order chi connectivity index (χ1) is 20.5. The monoisotopic (exact) mass is 575 g/mol. The fraction of sp³-hybridized carbons (Fsp3) is 0.250. The molecule has 0 radical (unpaired) electrons. The van der Waals surface area contributed by atoms with Crippen LogP contribution in [0.3, 0.4) is 0 Å². The maximum atomic E-state index is 12.7. The van der Waals surface area contributed by atoms with E-state index in [1.165, 1.54) is 30.6 Å². The third-order valence-electron chi connectivity index (χ3n) is 7.94. The molecule has 3 N–H and O–H groups in total. The van der Waals surface area contributed by atoms with Crippen LogP contribution in [0.4, 0.5) is 5.69 Å². The molecule has 1 fully saturated rings. The summed E-state index contributed by atoms with van der Waals surface area (Å²) >= 11 is 1.46. The normalized spacial score (nSPS) is 14.0. The molecule has 6 heterocycles. The molecule has 0 aromatic carbocycles. The van der Waals surface area contributed by atoms with Crippen molar-refractivity contribution in [1.82, 2.24) is 30.1 Å². The number of carbonyl (C=O) groups excluding carboxylic acids is 2. The molecule has 210 valence electrons. The molecule has 1 aliphatic rings. The van der Waals surface area contributed by atoms with Gasteiger partial charge in [0.2, 0.25) is 5.91 Å². The second-order valence-corrected chi connectivity index (χ2v) is 12.0. The van der Waals surface area contributed by atoms with Crippen molar-refractivity contribution in [2.24, 2.45) is 5.92 Å². The summed E-state index contributed by atoms with van der Waals surface area (Å²) in [5.74, 6) is 0.556. The highest BCUT2D eigenvalue weighted by Gasteiger charge is 2.19. The summed E-state index contributed by atoms with van der Waals surface area (Å²) in [4.78, 5) is 43.5. The predicted molar refractivity (Wildman–Crippen MR) is 165 cm³/mol. The molecule has 0 unspecified atom stereocenters. The van der Waals surface area contributed by atoms with Gasteiger partial charge in [0.15, 0.2) is 5.78 Å². The number of rotatable bonds is 7. The Bertz CT molecular complexity index is 1950. The van der Waals surface area contributed by atoms with Crippen molar-refractivity contribution in [3.63, 3.8) is 0 Å². The van der Waals surface area contributed by atoms with Crippen LogP contribution in [0.25, 0.3) is 55.0 Å². The lowest BCUT2D eigenvalue weighted by molar-refractivity contribution is -0.117. The number of carbonyl (C=O) groups is 2. The summed E-state index contributed by atoms with van der Waals surface area (Å²) in [5, 5.41) is 11.7. The first kappa shape index (κ1) is 26.2. The van der Waals surface area contributed by atoms with Crippen molar-refractivity contribution in [2.45, 2.75) is 45.4 Å². The maximum absolute atomic E-state index is 12.7. The van der Waals surface area contributed by atoms with Crippen LogP contribution in [0.1, 0.15) is 55.1 Å². The van der Waals surface area contributed by atoms with E-state index in [-0.39, 0.29) is 11.7 Å². The van der Waals surface area contributed by atoms with E-state index in [4.69, 9.17) is 4.98 Å². The van der Waals surface area contributed by atoms with E-state index >= 15 is 0 Å². The number of ketones is 1. The number of anilines is 1. The smallest absolute Gasteiger partial charge is 0.224 e. The number of hydrogen-bond acceptors (Lipinski definition) is 7. The Balaban J connectivity index is 1.19. The molecule has 42 heavy (non-hydrogen) atoms. The summed E-state index contributed by atoms with van der Waals surface area (Å²) < 4.78 is 0. The molecule has 0 spiro atoms. The minimum Gasteiger partial charge on any atom is -0.352 e. The molecule has 6 aromatic heterocycles. The fourth-order valence-electron chi connectivity index (χ4n) is 5.81. The van der Waals surface area contributed by atoms with Crippen LogP contribution in [0, 0.1) is 5.92 Å². The minimum absolute atomic E-state index is 0.0362. The van der Waals surface area contributed by atoms with Crippen molar-refractivity contribution < 1.29 is 9.59 Å². The zero-order valence-electron chi connectivity index (χ0n) is 23.1. The van der Waals surface area contributed by atoms with Crippen LogP contribution in [-0.4, -0.2) is 41.8 Å². The number of hydrogen-bond donors (Lipinski definition) is 3. The number of nitrogens with zero attached hydrogens (tertiary/aromatic N) is 4. The summed E-state index contributed by atoms with van der Waals surface area (Å²) in [5.41, 5.74) is 7.05. The van der Waals surface area contributed by atoms with Crippen molar-refractivity contribution >= 4 is 50.7 Å². The van der Waals surface area contributed by atoms with Gasteiger partial charge >= 0.3 is 0 Å². The number of amides is 1. The molecule has 9 nitrogen and oxygen atoms in total. The van der Waals surface area contributed by atoms with Gasteiger partial charge in [-0.3, -0.25) is 24.7 Å². The van der Waals surface area contributed by atoms with Gasteiger partial charge < -0.3 is 10.3 Å². The molecule has 0 saturated heterocycles. The zero-order chi connectivity index (χ0) is 28.6. The van der Waals surface area contributed by atoms with Gasteiger partial charge in [-0.1, -0.05) is 19.3 Å². The first-order valence-electron chi connectivity index (χ1n) is 14.2. The summed E-state index contributed by atoms with van der Waals surface area (Å²) in [6, 6.07) is 11.7. The number of H-pyrrole nitrogens is 2. The van der Waals surface area contributed by atoms with Crippen molar-refractivity contribution in [1.29, 1.82) is 0 Å². The topological polar surface area (TPSA) is 129 Å². The Labute approximate surface area is 245 Å². The molecule has 0 aliphatic heterocycles. The molecule has 10 heteroatoms. The Morgan fingerprint density at radius 1 is 0.976 bits per heavy atom. The van der Waals surface area contributed by atoms with Crippen molar-refractivity contribution in [2.75, 3.05) is 5.32 Å². The molecular formula is C32H29N7O2S. The van der Waals surface area contributed by atoms with Gasteiger partial charge in [-0.05, 0) is 62.1 Å². The number of aromatic nitrogens is 6. The molecule has 1 aliphatic carbocycles. The average molecular weight is 576 g/mol. The summed E-state index contributed by atoms with van der Waals surface area (Å²) in [7, 11) is 0. The summed E-state index contributed by atoms with van der Waals surface area (Å²) in [6.45, 7) is 1.58. The van der Waals surface area contributed by atoms with Crippen molar-refractivity contribution in [3.8, 4) is 33.1 Å². The minimum atomic E-state index is 0.0362. The van der Waals surface area contributed by atoms with Gasteiger partial charge in [-0.15, -0.1) is 11.3 Å². The predicted octanol–water partition coefficient (Wildman–Crippen LogP) is 7.40. The van der Waals surface area contributed by atoms with E-state index in [0.29, 0.717) is 23.7 Å². The van der Waals surface area contributed by atoms with Gasteiger partial charge in [-0.2, -0.15) is 5.10 Å². The van der Waals surface area contributed by atoms with Crippen LogP contribution in [0.2, 0.25) is 0 Å². The number of thiophene rings is 1. The fourth-order valence-corrected chi connectivity index (χ4v) is 6.73. The van der Waals surface area contributed by atoms with Crippen molar-refractivity contribution in [3.05, 3.63) is 66.1 Å². The number of Topliss-reactive ketones (excluding diaryl/α,β-unsaturated/α-hetero) is 1. The van der Waals surface area contributed by atoms with E-state index < -0.39 is 0 Å². The van der Waals surface area contributed by atoms with Crippen LogP contribution >= 0.6 is 11.3 Å². The largest absolute Gasteiger partial charge is 0.352 e. The van der Waals surface area contributed by atoms with E-state index in [9.17, 15) is 9.59 Å². The first-order valence-corrected chi connectivity index (χ1v) is 15.0. The highest BCUT2D eigenvalue weighted by molar-refractivity contribution is 7.17. The third-order valence-corrected chi connectivity index (χ3v) is 9.16. The Morgan fingerprint density at radius 2 is 1.83 bits per heavy atom. The second kappa shape index (κ2) is 10.9. The molecule has 6 aromatic rings. The number of aromatic amines is 2. The molecule has 0 bridgehead atoms. The van der Waals surface area contributed by atoms with Gasteiger partial charge in [0.25, 0.3) is 0 Å². The molecule has 1 saturated carbocycles. The molecular weight excluding hydrogens is 546 g/mol. The van der Waals surface area contributed by atoms with E-state index in [0.717, 1.165) is 67.0 Å². The van der Waals surface area contributed by atoms with Crippen LogP contribution in [0.5, 0.6) is 0 Å².